The van der Waals surface area contributed by atoms with E-state index in [2.05, 4.69) is 19.2 Å². The van der Waals surface area contributed by atoms with Crippen molar-refractivity contribution in [2.45, 2.75) is 19.8 Å². The van der Waals surface area contributed by atoms with Crippen LogP contribution in [0.25, 0.3) is 10.8 Å². The Hall–Kier alpha value is -2.61. The molecule has 0 saturated carbocycles. The van der Waals surface area contributed by atoms with Gasteiger partial charge in [-0.1, -0.05) is 68.4 Å². The molecule has 22 heavy (non-hydrogen) atoms. The van der Waals surface area contributed by atoms with E-state index < -0.39 is 0 Å². The van der Waals surface area contributed by atoms with Gasteiger partial charge >= 0.3 is 0 Å². The van der Waals surface area contributed by atoms with E-state index in [1.54, 1.807) is 0 Å². The molecule has 1 N–H and O–H groups in total. The molecule has 0 bridgehead atoms. The molecule has 0 fully saturated rings. The first-order valence-corrected chi connectivity index (χ1v) is 7.55. The van der Waals surface area contributed by atoms with Gasteiger partial charge < -0.3 is 5.32 Å². The van der Waals surface area contributed by atoms with Crippen molar-refractivity contribution in [1.29, 1.82) is 0 Å². The fourth-order valence-corrected chi connectivity index (χ4v) is 2.73. The number of amides is 1. The third-order valence-electron chi connectivity index (χ3n) is 3.87. The predicted molar refractivity (Wildman–Crippen MR) is 92.4 cm³/mol. The summed E-state index contributed by atoms with van der Waals surface area (Å²) in [5.74, 6) is 0.259. The van der Waals surface area contributed by atoms with Crippen LogP contribution < -0.4 is 5.32 Å². The van der Waals surface area contributed by atoms with Gasteiger partial charge in [-0.15, -0.1) is 0 Å². The summed E-state index contributed by atoms with van der Waals surface area (Å²) in [5, 5.41) is 5.24. The number of hydrogen-bond donors (Lipinski definition) is 1. The molecule has 0 spiro atoms. The maximum atomic E-state index is 12.7. The Kier molecular flexibility index (Phi) is 3.92. The summed E-state index contributed by atoms with van der Waals surface area (Å²) in [7, 11) is 0. The van der Waals surface area contributed by atoms with Crippen LogP contribution in [0.5, 0.6) is 0 Å². The summed E-state index contributed by atoms with van der Waals surface area (Å²) in [6.07, 6.45) is 0. The van der Waals surface area contributed by atoms with Crippen LogP contribution in [0.15, 0.2) is 66.7 Å². The van der Waals surface area contributed by atoms with Crippen LogP contribution in [0.1, 0.15) is 35.7 Å². The molecule has 0 unspecified atom stereocenters. The Morgan fingerprint density at radius 1 is 0.864 bits per heavy atom. The van der Waals surface area contributed by atoms with E-state index in [9.17, 15) is 4.79 Å². The Bertz CT molecular complexity index is 815. The molecular weight excluding hydrogens is 270 g/mol. The summed E-state index contributed by atoms with van der Waals surface area (Å²) in [6.45, 7) is 4.20. The quantitative estimate of drug-likeness (QED) is 0.704. The van der Waals surface area contributed by atoms with Crippen LogP contribution in [-0.2, 0) is 0 Å². The predicted octanol–water partition coefficient (Wildman–Crippen LogP) is 5.22. The first kappa shape index (κ1) is 14.3. The average Bonchev–Trinajstić information content (AvgIpc) is 2.55. The van der Waals surface area contributed by atoms with Gasteiger partial charge in [0.25, 0.3) is 5.91 Å². The highest BCUT2D eigenvalue weighted by molar-refractivity contribution is 6.09. The first-order valence-electron chi connectivity index (χ1n) is 7.55. The SMILES string of the molecule is CC(C)c1ccccc1C(=O)Nc1cccc2ccccc12. The second-order valence-corrected chi connectivity index (χ2v) is 5.72. The van der Waals surface area contributed by atoms with Crippen LogP contribution >= 0.6 is 0 Å². The molecule has 0 radical (unpaired) electrons. The molecule has 3 rings (SSSR count). The number of benzene rings is 3. The summed E-state index contributed by atoms with van der Waals surface area (Å²) >= 11 is 0. The number of carbonyl (C=O) groups is 1. The second kappa shape index (κ2) is 6.02. The lowest BCUT2D eigenvalue weighted by molar-refractivity contribution is 0.102. The lowest BCUT2D eigenvalue weighted by Gasteiger charge is -2.13. The van der Waals surface area contributed by atoms with E-state index in [1.165, 1.54) is 0 Å². The maximum absolute atomic E-state index is 12.7. The number of nitrogens with one attached hydrogen (secondary N) is 1. The van der Waals surface area contributed by atoms with Crippen LogP contribution in [0, 0.1) is 0 Å². The van der Waals surface area contributed by atoms with Crippen LogP contribution in [0.3, 0.4) is 0 Å². The van der Waals surface area contributed by atoms with Crippen LogP contribution in [-0.4, -0.2) is 5.91 Å². The van der Waals surface area contributed by atoms with Gasteiger partial charge in [-0.05, 0) is 29.0 Å². The molecule has 0 atom stereocenters. The molecule has 0 heterocycles. The van der Waals surface area contributed by atoms with Crippen molar-refractivity contribution in [1.82, 2.24) is 0 Å². The zero-order chi connectivity index (χ0) is 15.5. The minimum Gasteiger partial charge on any atom is -0.321 e. The summed E-state index contributed by atoms with van der Waals surface area (Å²) in [6, 6.07) is 21.8. The standard InChI is InChI=1S/C20H19NO/c1-14(2)16-10-5-6-12-18(16)20(22)21-19-13-7-9-15-8-3-4-11-17(15)19/h3-14H,1-2H3,(H,21,22). The highest BCUT2D eigenvalue weighted by Gasteiger charge is 2.14. The van der Waals surface area contributed by atoms with Gasteiger partial charge in [0.1, 0.15) is 0 Å². The van der Waals surface area contributed by atoms with E-state index in [1.807, 2.05) is 66.7 Å². The van der Waals surface area contributed by atoms with Gasteiger partial charge in [-0.3, -0.25) is 4.79 Å². The van der Waals surface area contributed by atoms with E-state index in [0.29, 0.717) is 5.92 Å². The van der Waals surface area contributed by atoms with Gasteiger partial charge in [0.05, 0.1) is 0 Å². The fourth-order valence-electron chi connectivity index (χ4n) is 2.73. The Morgan fingerprint density at radius 3 is 2.36 bits per heavy atom. The molecule has 0 aromatic heterocycles. The first-order chi connectivity index (χ1) is 10.7. The maximum Gasteiger partial charge on any atom is 0.255 e. The molecule has 0 saturated heterocycles. The van der Waals surface area contributed by atoms with Gasteiger partial charge in [-0.2, -0.15) is 0 Å². The van der Waals surface area contributed by atoms with Crippen molar-refractivity contribution < 1.29 is 4.79 Å². The number of fused-ring (bicyclic) bond motifs is 1. The molecule has 3 aromatic carbocycles. The molecule has 1 amide bonds. The number of carbonyl (C=O) groups excluding carboxylic acids is 1. The van der Waals surface area contributed by atoms with E-state index in [0.717, 1.165) is 27.6 Å². The Labute approximate surface area is 130 Å². The normalized spacial score (nSPS) is 10.9. The van der Waals surface area contributed by atoms with Gasteiger partial charge in [0, 0.05) is 16.6 Å². The number of hydrogen-bond acceptors (Lipinski definition) is 1. The number of rotatable bonds is 3. The average molecular weight is 289 g/mol. The molecule has 0 aliphatic carbocycles. The van der Waals surface area contributed by atoms with Crippen molar-refractivity contribution in [3.8, 4) is 0 Å². The molecule has 2 nitrogen and oxygen atoms in total. The molecular formula is C20H19NO. The van der Waals surface area contributed by atoms with Gasteiger partial charge in [-0.25, -0.2) is 0 Å². The van der Waals surface area contributed by atoms with Crippen molar-refractivity contribution in [3.05, 3.63) is 77.9 Å². The highest BCUT2D eigenvalue weighted by Crippen LogP contribution is 2.25. The largest absolute Gasteiger partial charge is 0.321 e. The number of anilines is 1. The van der Waals surface area contributed by atoms with Crippen LogP contribution in [0.2, 0.25) is 0 Å². The fraction of sp³-hybridized carbons (Fsp3) is 0.150. The molecule has 0 aliphatic rings. The summed E-state index contributed by atoms with van der Waals surface area (Å²) < 4.78 is 0. The van der Waals surface area contributed by atoms with Crippen molar-refractivity contribution in [2.75, 3.05) is 5.32 Å². The van der Waals surface area contributed by atoms with E-state index >= 15 is 0 Å². The highest BCUT2D eigenvalue weighted by atomic mass is 16.1. The third kappa shape index (κ3) is 2.73. The van der Waals surface area contributed by atoms with Gasteiger partial charge in [0.15, 0.2) is 0 Å². The van der Waals surface area contributed by atoms with Gasteiger partial charge in [0.2, 0.25) is 0 Å². The molecule has 3 aromatic rings. The topological polar surface area (TPSA) is 29.1 Å². The summed E-state index contributed by atoms with van der Waals surface area (Å²) in [4.78, 5) is 12.7. The van der Waals surface area contributed by atoms with Crippen molar-refractivity contribution >= 4 is 22.4 Å². The molecule has 2 heteroatoms. The Balaban J connectivity index is 1.98. The third-order valence-corrected chi connectivity index (χ3v) is 3.87. The molecule has 110 valence electrons. The minimum atomic E-state index is -0.0550. The lowest BCUT2D eigenvalue weighted by Crippen LogP contribution is -2.15. The zero-order valence-electron chi connectivity index (χ0n) is 12.8. The summed E-state index contributed by atoms with van der Waals surface area (Å²) in [5.41, 5.74) is 2.66. The van der Waals surface area contributed by atoms with Crippen molar-refractivity contribution in [2.24, 2.45) is 0 Å². The van der Waals surface area contributed by atoms with Crippen molar-refractivity contribution in [3.63, 3.8) is 0 Å². The minimum absolute atomic E-state index is 0.0550. The van der Waals surface area contributed by atoms with E-state index in [-0.39, 0.29) is 5.91 Å². The second-order valence-electron chi connectivity index (χ2n) is 5.72. The lowest BCUT2D eigenvalue weighted by atomic mass is 9.96. The van der Waals surface area contributed by atoms with E-state index in [4.69, 9.17) is 0 Å². The smallest absolute Gasteiger partial charge is 0.255 e. The monoisotopic (exact) mass is 289 g/mol. The van der Waals surface area contributed by atoms with Crippen LogP contribution in [0.4, 0.5) is 5.69 Å². The Morgan fingerprint density at radius 2 is 1.55 bits per heavy atom. The molecule has 0 aliphatic heterocycles. The zero-order valence-corrected chi connectivity index (χ0v) is 12.8.